The molecule has 0 saturated carbocycles. The average Bonchev–Trinajstić information content (AvgIpc) is 1.94. The molecule has 0 radical (unpaired) electrons. The van der Waals surface area contributed by atoms with Gasteiger partial charge in [-0.3, -0.25) is 0 Å². The van der Waals surface area contributed by atoms with Crippen LogP contribution in [-0.2, 0) is 4.74 Å². The third-order valence-corrected chi connectivity index (χ3v) is 0.943. The van der Waals surface area contributed by atoms with Crippen LogP contribution in [0.1, 0.15) is 28.2 Å². The summed E-state index contributed by atoms with van der Waals surface area (Å²) >= 11 is 0. The highest BCUT2D eigenvalue weighted by atomic mass is 16.6. The van der Waals surface area contributed by atoms with Crippen molar-refractivity contribution in [3.8, 4) is 0 Å². The van der Waals surface area contributed by atoms with E-state index in [2.05, 4.69) is 15.3 Å². The topological polar surface area (TPSA) is 87.1 Å². The van der Waals surface area contributed by atoms with Crippen molar-refractivity contribution in [1.82, 2.24) is 5.32 Å². The summed E-state index contributed by atoms with van der Waals surface area (Å²) in [6.07, 6.45) is -0.499. The van der Waals surface area contributed by atoms with Crippen LogP contribution in [0.5, 0.6) is 0 Å². The van der Waals surface area contributed by atoms with Crippen LogP contribution in [0.4, 0.5) is 4.79 Å². The lowest BCUT2D eigenvalue weighted by Crippen LogP contribution is -2.33. The summed E-state index contributed by atoms with van der Waals surface area (Å²) < 4.78 is 4.93. The van der Waals surface area contributed by atoms with Gasteiger partial charge in [0.15, 0.2) is 0 Å². The molecule has 0 aromatic rings. The number of alkyl carbamates (subject to hydrolysis) is 1. The number of carbonyl (C=O) groups excluding carboxylic acids is 1. The monoisotopic (exact) mass is 202 g/mol. The number of hydrogen-bond donors (Lipinski definition) is 1. The van der Waals surface area contributed by atoms with Gasteiger partial charge >= 0.3 is 6.09 Å². The predicted molar refractivity (Wildman–Crippen MR) is 55.0 cm³/mol. The van der Waals surface area contributed by atoms with Gasteiger partial charge in [-0.1, -0.05) is 12.5 Å². The zero-order valence-corrected chi connectivity index (χ0v) is 8.07. The number of ether oxygens (including phenoxy) is 1. The lowest BCUT2D eigenvalue weighted by Gasteiger charge is -2.19. The van der Waals surface area contributed by atoms with Gasteiger partial charge in [0.2, 0.25) is 0 Å². The molecule has 0 atom stereocenters. The predicted octanol–water partition coefficient (Wildman–Crippen LogP) is 2.46. The van der Waals surface area contributed by atoms with Crippen molar-refractivity contribution in [3.63, 3.8) is 0 Å². The zero-order valence-electron chi connectivity index (χ0n) is 8.07. The van der Waals surface area contributed by atoms with Crippen LogP contribution < -0.4 is 5.32 Å². The summed E-state index contributed by atoms with van der Waals surface area (Å²) in [5.41, 5.74) is 7.43. The van der Waals surface area contributed by atoms with E-state index < -0.39 is 11.7 Å². The van der Waals surface area contributed by atoms with Gasteiger partial charge in [0.05, 0.1) is 0 Å². The third kappa shape index (κ3) is 10.6. The molecule has 0 rings (SSSR count). The number of azide groups is 1. The fraction of sp³-hybridized carbons (Fsp3) is 0.875. The molecular formula is C8H18N4O2. The Balaban J connectivity index is 0. The zero-order chi connectivity index (χ0) is 10.3. The maximum absolute atomic E-state index is 11.0. The molecule has 0 aromatic carbocycles. The minimum absolute atomic E-state index is 0. The molecule has 0 aromatic heterocycles. The Kier molecular flexibility index (Phi) is 7.57. The van der Waals surface area contributed by atoms with Gasteiger partial charge in [-0.15, -0.1) is 0 Å². The summed E-state index contributed by atoms with van der Waals surface area (Å²) in [5, 5.41) is 5.70. The molecule has 0 heterocycles. The molecule has 82 valence electrons. The normalized spacial score (nSPS) is 9.36. The number of nitrogens with one attached hydrogen (secondary N) is 1. The highest BCUT2D eigenvalue weighted by Gasteiger charge is 2.14. The van der Waals surface area contributed by atoms with Crippen LogP contribution in [-0.4, -0.2) is 24.8 Å². The van der Waals surface area contributed by atoms with E-state index >= 15 is 0 Å². The van der Waals surface area contributed by atoms with Crippen molar-refractivity contribution in [3.05, 3.63) is 10.4 Å². The van der Waals surface area contributed by atoms with E-state index in [1.54, 1.807) is 20.8 Å². The van der Waals surface area contributed by atoms with Crippen LogP contribution in [0, 0.1) is 0 Å². The van der Waals surface area contributed by atoms with Gasteiger partial charge in [-0.25, -0.2) is 4.79 Å². The van der Waals surface area contributed by atoms with E-state index in [4.69, 9.17) is 10.3 Å². The van der Waals surface area contributed by atoms with Crippen LogP contribution >= 0.6 is 0 Å². The summed E-state index contributed by atoms with van der Waals surface area (Å²) in [6.45, 7) is 5.86. The summed E-state index contributed by atoms with van der Waals surface area (Å²) in [7, 11) is 0. The summed E-state index contributed by atoms with van der Waals surface area (Å²) in [5.74, 6) is 0. The first-order valence-corrected chi connectivity index (χ1v) is 3.93. The van der Waals surface area contributed by atoms with E-state index in [-0.39, 0.29) is 14.0 Å². The molecule has 1 amide bonds. The highest BCUT2D eigenvalue weighted by molar-refractivity contribution is 5.67. The maximum atomic E-state index is 11.0. The minimum atomic E-state index is -0.499. The molecule has 0 aliphatic carbocycles. The smallest absolute Gasteiger partial charge is 0.407 e. The van der Waals surface area contributed by atoms with E-state index in [1.165, 1.54) is 0 Å². The Labute approximate surface area is 84.3 Å². The largest absolute Gasteiger partial charge is 0.444 e. The molecule has 0 fully saturated rings. The Bertz CT molecular complexity index is 216. The number of amides is 1. The Morgan fingerprint density at radius 3 is 2.57 bits per heavy atom. The van der Waals surface area contributed by atoms with Crippen LogP contribution in [0.25, 0.3) is 10.4 Å². The van der Waals surface area contributed by atoms with Crippen molar-refractivity contribution in [1.29, 1.82) is 0 Å². The van der Waals surface area contributed by atoms with Gasteiger partial charge in [0.1, 0.15) is 5.60 Å². The first-order valence-electron chi connectivity index (χ1n) is 3.93. The fourth-order valence-corrected chi connectivity index (χ4v) is 0.567. The Hall–Kier alpha value is -1.42. The van der Waals surface area contributed by atoms with Crippen LogP contribution in [0.2, 0.25) is 0 Å². The number of carbonyl (C=O) groups is 1. The molecule has 6 heteroatoms. The van der Waals surface area contributed by atoms with Crippen molar-refractivity contribution in [2.45, 2.75) is 33.8 Å². The average molecular weight is 202 g/mol. The lowest BCUT2D eigenvalue weighted by molar-refractivity contribution is 0.0529. The van der Waals surface area contributed by atoms with Crippen molar-refractivity contribution in [2.24, 2.45) is 5.11 Å². The van der Waals surface area contributed by atoms with Crippen molar-refractivity contribution >= 4 is 6.09 Å². The van der Waals surface area contributed by atoms with Crippen molar-refractivity contribution in [2.75, 3.05) is 13.1 Å². The third-order valence-electron chi connectivity index (χ3n) is 0.943. The van der Waals surface area contributed by atoms with E-state index in [1.807, 2.05) is 0 Å². The minimum Gasteiger partial charge on any atom is -0.444 e. The maximum Gasteiger partial charge on any atom is 0.407 e. The lowest BCUT2D eigenvalue weighted by atomic mass is 10.2. The summed E-state index contributed by atoms with van der Waals surface area (Å²) in [4.78, 5) is 13.5. The first kappa shape index (κ1) is 15.1. The van der Waals surface area contributed by atoms with Gasteiger partial charge in [-0.2, -0.15) is 0 Å². The van der Waals surface area contributed by atoms with Gasteiger partial charge in [0, 0.05) is 18.0 Å². The molecule has 0 bridgehead atoms. The number of nitrogens with zero attached hydrogens (tertiary/aromatic N) is 3. The molecule has 1 N–H and O–H groups in total. The van der Waals surface area contributed by atoms with Gasteiger partial charge in [-0.05, 0) is 26.3 Å². The molecule has 0 saturated heterocycles. The molecule has 0 unspecified atom stereocenters. The standard InChI is InChI=1S/C7H14N4O2.CH4/c1-7(2,3)13-6(12)9-4-5-10-11-8;/h4-5H2,1-3H3,(H,9,12);1H4. The second kappa shape index (κ2) is 7.03. The van der Waals surface area contributed by atoms with Gasteiger partial charge in [0.25, 0.3) is 0 Å². The SMILES string of the molecule is C.CC(C)(C)OC(=O)NCCN=[N+]=[N-]. The number of rotatable bonds is 3. The van der Waals surface area contributed by atoms with Crippen LogP contribution in [0.3, 0.4) is 0 Å². The Morgan fingerprint density at radius 2 is 2.14 bits per heavy atom. The van der Waals surface area contributed by atoms with E-state index in [0.29, 0.717) is 6.54 Å². The second-order valence-corrected chi connectivity index (χ2v) is 3.38. The first-order chi connectivity index (χ1) is 5.95. The van der Waals surface area contributed by atoms with Crippen LogP contribution in [0.15, 0.2) is 5.11 Å². The van der Waals surface area contributed by atoms with E-state index in [0.717, 1.165) is 0 Å². The number of hydrogen-bond acceptors (Lipinski definition) is 3. The molecule has 6 nitrogen and oxygen atoms in total. The molecule has 14 heavy (non-hydrogen) atoms. The second-order valence-electron chi connectivity index (χ2n) is 3.38. The Morgan fingerprint density at radius 1 is 1.57 bits per heavy atom. The quantitative estimate of drug-likeness (QED) is 0.330. The van der Waals surface area contributed by atoms with Gasteiger partial charge < -0.3 is 10.1 Å². The highest BCUT2D eigenvalue weighted by Crippen LogP contribution is 2.05. The van der Waals surface area contributed by atoms with E-state index in [9.17, 15) is 4.79 Å². The molecule has 0 aliphatic rings. The van der Waals surface area contributed by atoms with Crippen molar-refractivity contribution < 1.29 is 9.53 Å². The molecular weight excluding hydrogens is 184 g/mol. The fourth-order valence-electron chi connectivity index (χ4n) is 0.567. The molecule has 0 spiro atoms. The summed E-state index contributed by atoms with van der Waals surface area (Å²) in [6, 6.07) is 0. The molecule has 0 aliphatic heterocycles.